The number of pyridine rings is 1. The third-order valence-corrected chi connectivity index (χ3v) is 3.58. The second-order valence-electron chi connectivity index (χ2n) is 3.72. The zero-order valence-corrected chi connectivity index (χ0v) is 10.8. The first-order valence-electron chi connectivity index (χ1n) is 5.53. The molecule has 0 bridgehead atoms. The molecule has 90 valence electrons. The maximum Gasteiger partial charge on any atom is 0.141 e. The van der Waals surface area contributed by atoms with E-state index < -0.39 is 0 Å². The normalized spacial score (nSPS) is 12.4. The number of likely N-dealkylation sites (N-methyl/N-ethyl adjacent to an activating group) is 1. The molecule has 2 heterocycles. The van der Waals surface area contributed by atoms with Crippen molar-refractivity contribution in [1.29, 1.82) is 0 Å². The fourth-order valence-electron chi connectivity index (χ4n) is 1.80. The number of aromatic nitrogens is 1. The van der Waals surface area contributed by atoms with Crippen molar-refractivity contribution in [2.75, 3.05) is 14.2 Å². The summed E-state index contributed by atoms with van der Waals surface area (Å²) < 4.78 is 5.35. The van der Waals surface area contributed by atoms with Crippen LogP contribution in [0, 0.1) is 0 Å². The summed E-state index contributed by atoms with van der Waals surface area (Å²) in [5.74, 6) is 0.836. The molecule has 0 saturated heterocycles. The quantitative estimate of drug-likeness (QED) is 0.883. The van der Waals surface area contributed by atoms with Crippen molar-refractivity contribution in [3.8, 4) is 5.75 Å². The average Bonchev–Trinajstić information content (AvgIpc) is 2.89. The van der Waals surface area contributed by atoms with E-state index in [1.54, 1.807) is 24.6 Å². The van der Waals surface area contributed by atoms with Crippen LogP contribution < -0.4 is 10.1 Å². The van der Waals surface area contributed by atoms with Gasteiger partial charge in [0.05, 0.1) is 18.8 Å². The maximum absolute atomic E-state index is 5.35. The molecule has 0 aliphatic carbocycles. The van der Waals surface area contributed by atoms with Gasteiger partial charge >= 0.3 is 0 Å². The lowest BCUT2D eigenvalue weighted by Gasteiger charge is -2.17. The largest absolute Gasteiger partial charge is 0.495 e. The zero-order chi connectivity index (χ0) is 12.1. The summed E-state index contributed by atoms with van der Waals surface area (Å²) >= 11 is 1.77. The average molecular weight is 248 g/mol. The first-order valence-corrected chi connectivity index (χ1v) is 6.41. The van der Waals surface area contributed by atoms with Gasteiger partial charge in [-0.25, -0.2) is 0 Å². The van der Waals surface area contributed by atoms with E-state index in [4.69, 9.17) is 4.74 Å². The molecule has 4 heteroatoms. The lowest BCUT2D eigenvalue weighted by Crippen LogP contribution is -2.20. The van der Waals surface area contributed by atoms with Crippen LogP contribution in [0.2, 0.25) is 0 Å². The summed E-state index contributed by atoms with van der Waals surface area (Å²) in [7, 11) is 3.63. The van der Waals surface area contributed by atoms with Gasteiger partial charge in [-0.1, -0.05) is 6.07 Å². The van der Waals surface area contributed by atoms with Crippen LogP contribution in [-0.4, -0.2) is 19.1 Å². The lowest BCUT2D eigenvalue weighted by atomic mass is 10.1. The Hall–Kier alpha value is -1.39. The van der Waals surface area contributed by atoms with Gasteiger partial charge in [-0.15, -0.1) is 11.3 Å². The van der Waals surface area contributed by atoms with Gasteiger partial charge in [0.1, 0.15) is 5.75 Å². The molecule has 0 aliphatic rings. The topological polar surface area (TPSA) is 34.2 Å². The smallest absolute Gasteiger partial charge is 0.141 e. The van der Waals surface area contributed by atoms with Crippen molar-refractivity contribution >= 4 is 11.3 Å². The van der Waals surface area contributed by atoms with Crippen molar-refractivity contribution in [2.45, 2.75) is 12.5 Å². The molecule has 0 aromatic carbocycles. The molecule has 0 saturated carbocycles. The first kappa shape index (κ1) is 12.1. The van der Waals surface area contributed by atoms with E-state index in [2.05, 4.69) is 27.8 Å². The number of nitrogens with one attached hydrogen (secondary N) is 1. The molecular weight excluding hydrogens is 232 g/mol. The Kier molecular flexibility index (Phi) is 4.12. The highest BCUT2D eigenvalue weighted by molar-refractivity contribution is 7.09. The van der Waals surface area contributed by atoms with Crippen molar-refractivity contribution in [3.63, 3.8) is 0 Å². The van der Waals surface area contributed by atoms with Gasteiger partial charge < -0.3 is 10.1 Å². The molecule has 3 nitrogen and oxygen atoms in total. The Bertz CT molecular complexity index is 456. The summed E-state index contributed by atoms with van der Waals surface area (Å²) in [5.41, 5.74) is 0.964. The Morgan fingerprint density at radius 3 is 2.94 bits per heavy atom. The maximum atomic E-state index is 5.35. The minimum Gasteiger partial charge on any atom is -0.495 e. The summed E-state index contributed by atoms with van der Waals surface area (Å²) in [6, 6.07) is 8.23. The Morgan fingerprint density at radius 1 is 1.41 bits per heavy atom. The molecule has 2 rings (SSSR count). The highest BCUT2D eigenvalue weighted by Crippen LogP contribution is 2.26. The van der Waals surface area contributed by atoms with Crippen LogP contribution in [0.25, 0.3) is 0 Å². The predicted octanol–water partition coefficient (Wildman–Crippen LogP) is 2.65. The third-order valence-electron chi connectivity index (χ3n) is 2.68. The van der Waals surface area contributed by atoms with Crippen LogP contribution in [0.15, 0.2) is 35.8 Å². The molecular formula is C13H16N2OS. The van der Waals surface area contributed by atoms with Gasteiger partial charge in [0.25, 0.3) is 0 Å². The summed E-state index contributed by atoms with van der Waals surface area (Å²) in [4.78, 5) is 5.76. The molecule has 1 unspecified atom stereocenters. The molecule has 0 spiro atoms. The van der Waals surface area contributed by atoms with E-state index >= 15 is 0 Å². The second-order valence-corrected chi connectivity index (χ2v) is 4.75. The predicted molar refractivity (Wildman–Crippen MR) is 70.6 cm³/mol. The van der Waals surface area contributed by atoms with Crippen molar-refractivity contribution in [3.05, 3.63) is 46.4 Å². The molecule has 0 radical (unpaired) electrons. The van der Waals surface area contributed by atoms with Crippen LogP contribution in [0.4, 0.5) is 0 Å². The van der Waals surface area contributed by atoms with E-state index in [0.717, 1.165) is 17.9 Å². The van der Waals surface area contributed by atoms with Gasteiger partial charge in [-0.05, 0) is 30.6 Å². The van der Waals surface area contributed by atoms with Crippen LogP contribution >= 0.6 is 11.3 Å². The first-order chi connectivity index (χ1) is 8.35. The van der Waals surface area contributed by atoms with Gasteiger partial charge in [-0.2, -0.15) is 0 Å². The molecule has 0 aliphatic heterocycles. The number of ether oxygens (including phenoxy) is 1. The fraction of sp³-hybridized carbons (Fsp3) is 0.308. The van der Waals surface area contributed by atoms with E-state index in [1.165, 1.54) is 4.88 Å². The molecule has 1 atom stereocenters. The zero-order valence-electron chi connectivity index (χ0n) is 10.0. The van der Waals surface area contributed by atoms with Gasteiger partial charge in [0, 0.05) is 17.5 Å². The van der Waals surface area contributed by atoms with Gasteiger partial charge in [0.15, 0.2) is 0 Å². The van der Waals surface area contributed by atoms with Crippen molar-refractivity contribution in [1.82, 2.24) is 10.3 Å². The standard InChI is InChI=1S/C13H16N2OS/c1-14-11(9-10-5-4-8-17-10)13-12(16-2)6-3-7-15-13/h3-8,11,14H,9H2,1-2H3. The Balaban J connectivity index is 2.22. The summed E-state index contributed by atoms with van der Waals surface area (Å²) in [5, 5.41) is 5.39. The molecule has 0 fully saturated rings. The van der Waals surface area contributed by atoms with E-state index in [-0.39, 0.29) is 6.04 Å². The van der Waals surface area contributed by atoms with Gasteiger partial charge in [-0.3, -0.25) is 4.98 Å². The van der Waals surface area contributed by atoms with Crippen molar-refractivity contribution in [2.24, 2.45) is 0 Å². The number of thiophene rings is 1. The molecule has 0 amide bonds. The Morgan fingerprint density at radius 2 is 2.29 bits per heavy atom. The van der Waals surface area contributed by atoms with Crippen LogP contribution in [-0.2, 0) is 6.42 Å². The van der Waals surface area contributed by atoms with Gasteiger partial charge in [0.2, 0.25) is 0 Å². The monoisotopic (exact) mass is 248 g/mol. The van der Waals surface area contributed by atoms with Crippen LogP contribution in [0.5, 0.6) is 5.75 Å². The molecule has 17 heavy (non-hydrogen) atoms. The minimum atomic E-state index is 0.185. The van der Waals surface area contributed by atoms with Crippen LogP contribution in [0.1, 0.15) is 16.6 Å². The highest BCUT2D eigenvalue weighted by atomic mass is 32.1. The van der Waals surface area contributed by atoms with Crippen LogP contribution in [0.3, 0.4) is 0 Å². The molecule has 2 aromatic rings. The third kappa shape index (κ3) is 2.84. The number of nitrogens with zero attached hydrogens (tertiary/aromatic N) is 1. The number of hydrogen-bond acceptors (Lipinski definition) is 4. The lowest BCUT2D eigenvalue weighted by molar-refractivity contribution is 0.397. The van der Waals surface area contributed by atoms with E-state index in [9.17, 15) is 0 Å². The minimum absolute atomic E-state index is 0.185. The number of hydrogen-bond donors (Lipinski definition) is 1. The van der Waals surface area contributed by atoms with Crippen molar-refractivity contribution < 1.29 is 4.74 Å². The number of rotatable bonds is 5. The second kappa shape index (κ2) is 5.80. The number of methoxy groups -OCH3 is 1. The molecule has 1 N–H and O–H groups in total. The highest BCUT2D eigenvalue weighted by Gasteiger charge is 2.16. The summed E-state index contributed by atoms with van der Waals surface area (Å²) in [6.07, 6.45) is 2.73. The SMILES string of the molecule is CNC(Cc1cccs1)c1ncccc1OC. The van der Waals surface area contributed by atoms with E-state index in [0.29, 0.717) is 0 Å². The molecule has 2 aromatic heterocycles. The fourth-order valence-corrected chi connectivity index (χ4v) is 2.55. The summed E-state index contributed by atoms with van der Waals surface area (Å²) in [6.45, 7) is 0. The van der Waals surface area contributed by atoms with E-state index in [1.807, 2.05) is 19.2 Å². The Labute approximate surface area is 105 Å².